The Balaban J connectivity index is 1.59. The average molecular weight is 522 g/mol. The number of hydrogen-bond acceptors (Lipinski definition) is 8. The molecule has 2 N–H and O–H groups in total. The highest BCUT2D eigenvalue weighted by Gasteiger charge is 2.47. The maximum absolute atomic E-state index is 15.2. The van der Waals surface area contributed by atoms with Crippen LogP contribution in [0.1, 0.15) is 24.6 Å². The molecule has 1 aliphatic heterocycles. The molecule has 1 aromatic carbocycles. The van der Waals surface area contributed by atoms with E-state index >= 15 is 4.39 Å². The summed E-state index contributed by atoms with van der Waals surface area (Å²) < 4.78 is 44.8. The number of carbonyl (C=O) groups excluding carboxylic acids is 2. The summed E-state index contributed by atoms with van der Waals surface area (Å²) in [5.74, 6) is -2.31. The van der Waals surface area contributed by atoms with Crippen molar-refractivity contribution in [3.8, 4) is 22.5 Å². The number of ether oxygens (including phenoxy) is 2. The van der Waals surface area contributed by atoms with Crippen LogP contribution in [0.25, 0.3) is 22.5 Å². The lowest BCUT2D eigenvalue weighted by molar-refractivity contribution is -0.155. The highest BCUT2D eigenvalue weighted by Crippen LogP contribution is 2.36. The lowest BCUT2D eigenvalue weighted by Crippen LogP contribution is -2.70. The minimum atomic E-state index is -1.28. The fourth-order valence-electron chi connectivity index (χ4n) is 3.75. The van der Waals surface area contributed by atoms with Crippen LogP contribution in [0, 0.1) is 18.6 Å². The van der Waals surface area contributed by atoms with Crippen LogP contribution in [0.2, 0.25) is 5.02 Å². The quantitative estimate of drug-likeness (QED) is 0.463. The highest BCUT2D eigenvalue weighted by molar-refractivity contribution is 6.31. The first-order valence-corrected chi connectivity index (χ1v) is 11.2. The van der Waals surface area contributed by atoms with Gasteiger partial charge in [0.15, 0.2) is 5.54 Å². The van der Waals surface area contributed by atoms with E-state index in [1.807, 2.05) is 0 Å². The zero-order chi connectivity index (χ0) is 26.0. The molecule has 1 fully saturated rings. The lowest BCUT2D eigenvalue weighted by atomic mass is 9.95. The third-order valence-corrected chi connectivity index (χ3v) is 5.75. The first kappa shape index (κ1) is 25.6. The van der Waals surface area contributed by atoms with Crippen molar-refractivity contribution in [3.05, 3.63) is 52.6 Å². The van der Waals surface area contributed by atoms with Crippen LogP contribution in [0.15, 0.2) is 28.9 Å². The molecule has 2 aromatic heterocycles. The summed E-state index contributed by atoms with van der Waals surface area (Å²) in [6, 6.07) is 2.82. The number of benzene rings is 1. The van der Waals surface area contributed by atoms with E-state index in [1.54, 1.807) is 13.8 Å². The zero-order valence-electron chi connectivity index (χ0n) is 19.5. The first-order chi connectivity index (χ1) is 17.1. The molecule has 1 aliphatic rings. The van der Waals surface area contributed by atoms with E-state index in [9.17, 15) is 14.0 Å². The molecule has 0 aliphatic carbocycles. The molecule has 4 rings (SSSR count). The number of rotatable bonds is 8. The number of amides is 2. The van der Waals surface area contributed by atoms with Gasteiger partial charge in [0, 0.05) is 30.8 Å². The Morgan fingerprint density at radius 2 is 2.00 bits per heavy atom. The van der Waals surface area contributed by atoms with Gasteiger partial charge >= 0.3 is 0 Å². The standard InChI is InChI=1S/C23H22ClF2N5O5/c1-11(28-22(33)23(9-35-10-23)30-18(32)8-34-3)20-17(26)4-13(7-27-20)15-5-14(24)6-16(25)19(15)21-29-12(2)36-31-21/h4-7,11H,8-10H2,1-3H3,(H,28,33)(H,30,32)/t11-/m1/s1. The smallest absolute Gasteiger partial charge is 0.251 e. The summed E-state index contributed by atoms with van der Waals surface area (Å²) >= 11 is 6.05. The Labute approximate surface area is 209 Å². The number of nitrogens with zero attached hydrogens (tertiary/aromatic N) is 3. The van der Waals surface area contributed by atoms with Gasteiger partial charge in [-0.3, -0.25) is 14.6 Å². The van der Waals surface area contributed by atoms with E-state index < -0.39 is 35.0 Å². The van der Waals surface area contributed by atoms with Gasteiger partial charge in [-0.1, -0.05) is 16.8 Å². The molecule has 3 heterocycles. The number of nitrogens with one attached hydrogen (secondary N) is 2. The number of halogens is 3. The highest BCUT2D eigenvalue weighted by atomic mass is 35.5. The minimum absolute atomic E-state index is 0.0229. The van der Waals surface area contributed by atoms with Crippen molar-refractivity contribution in [1.82, 2.24) is 25.8 Å². The molecule has 2 amide bonds. The molecule has 13 heteroatoms. The van der Waals surface area contributed by atoms with Crippen molar-refractivity contribution >= 4 is 23.4 Å². The average Bonchev–Trinajstić information content (AvgIpc) is 3.21. The third kappa shape index (κ3) is 5.06. The predicted octanol–water partition coefficient (Wildman–Crippen LogP) is 2.75. The number of methoxy groups -OCH3 is 1. The van der Waals surface area contributed by atoms with Gasteiger partial charge in [0.1, 0.15) is 18.2 Å². The molecule has 3 aromatic rings. The zero-order valence-corrected chi connectivity index (χ0v) is 20.3. The van der Waals surface area contributed by atoms with Gasteiger partial charge in [0.2, 0.25) is 17.6 Å². The van der Waals surface area contributed by atoms with E-state index in [-0.39, 0.29) is 58.9 Å². The summed E-state index contributed by atoms with van der Waals surface area (Å²) in [5, 5.41) is 9.07. The summed E-state index contributed by atoms with van der Waals surface area (Å²) in [6.45, 7) is 2.80. The topological polar surface area (TPSA) is 128 Å². The molecule has 190 valence electrons. The Morgan fingerprint density at radius 3 is 2.58 bits per heavy atom. The van der Waals surface area contributed by atoms with Crippen LogP contribution < -0.4 is 10.6 Å². The van der Waals surface area contributed by atoms with Gasteiger partial charge in [0.25, 0.3) is 5.91 Å². The van der Waals surface area contributed by atoms with Gasteiger partial charge in [-0.15, -0.1) is 0 Å². The molecule has 0 unspecified atom stereocenters. The first-order valence-electron chi connectivity index (χ1n) is 10.8. The van der Waals surface area contributed by atoms with Gasteiger partial charge < -0.3 is 24.6 Å². The summed E-state index contributed by atoms with van der Waals surface area (Å²) in [7, 11) is 1.35. The van der Waals surface area contributed by atoms with Crippen LogP contribution in [-0.2, 0) is 19.1 Å². The van der Waals surface area contributed by atoms with Crippen LogP contribution in [0.3, 0.4) is 0 Å². The van der Waals surface area contributed by atoms with Gasteiger partial charge in [0.05, 0.1) is 30.5 Å². The van der Waals surface area contributed by atoms with Gasteiger partial charge in [-0.05, 0) is 30.7 Å². The summed E-state index contributed by atoms with van der Waals surface area (Å²) in [6.07, 6.45) is 1.32. The largest absolute Gasteiger partial charge is 0.375 e. The van der Waals surface area contributed by atoms with Crippen molar-refractivity contribution in [2.75, 3.05) is 26.9 Å². The number of carbonyl (C=O) groups is 2. The lowest BCUT2D eigenvalue weighted by Gasteiger charge is -2.40. The Bertz CT molecular complexity index is 1310. The summed E-state index contributed by atoms with van der Waals surface area (Å²) in [4.78, 5) is 33.0. The normalized spacial score (nSPS) is 15.2. The van der Waals surface area contributed by atoms with Gasteiger partial charge in [-0.25, -0.2) is 8.78 Å². The Hall–Kier alpha value is -3.48. The van der Waals surface area contributed by atoms with Crippen molar-refractivity contribution in [2.24, 2.45) is 0 Å². The fraction of sp³-hybridized carbons (Fsp3) is 0.348. The van der Waals surface area contributed by atoms with Crippen LogP contribution in [0.5, 0.6) is 0 Å². The molecule has 10 nitrogen and oxygen atoms in total. The van der Waals surface area contributed by atoms with E-state index in [0.717, 1.165) is 12.1 Å². The van der Waals surface area contributed by atoms with Crippen molar-refractivity contribution in [2.45, 2.75) is 25.4 Å². The monoisotopic (exact) mass is 521 g/mol. The van der Waals surface area contributed by atoms with E-state index in [2.05, 4.69) is 25.8 Å². The second-order valence-corrected chi connectivity index (χ2v) is 8.73. The van der Waals surface area contributed by atoms with E-state index in [1.165, 1.54) is 19.4 Å². The van der Waals surface area contributed by atoms with E-state index in [0.29, 0.717) is 0 Å². The molecule has 0 spiro atoms. The maximum Gasteiger partial charge on any atom is 0.251 e. The molecule has 1 atom stereocenters. The minimum Gasteiger partial charge on any atom is -0.375 e. The molecule has 36 heavy (non-hydrogen) atoms. The van der Waals surface area contributed by atoms with E-state index in [4.69, 9.17) is 25.6 Å². The molecular formula is C23H22ClF2N5O5. The number of pyridine rings is 1. The Morgan fingerprint density at radius 1 is 1.25 bits per heavy atom. The molecule has 0 radical (unpaired) electrons. The molecule has 0 saturated carbocycles. The number of hydrogen-bond donors (Lipinski definition) is 2. The number of aryl methyl sites for hydroxylation is 1. The number of aromatic nitrogens is 3. The van der Waals surface area contributed by atoms with Crippen LogP contribution in [-0.4, -0.2) is 59.4 Å². The second-order valence-electron chi connectivity index (χ2n) is 8.29. The van der Waals surface area contributed by atoms with Crippen LogP contribution >= 0.6 is 11.6 Å². The molecule has 1 saturated heterocycles. The fourth-order valence-corrected chi connectivity index (χ4v) is 3.95. The van der Waals surface area contributed by atoms with Crippen molar-refractivity contribution < 1.29 is 32.4 Å². The predicted molar refractivity (Wildman–Crippen MR) is 123 cm³/mol. The third-order valence-electron chi connectivity index (χ3n) is 5.53. The second kappa shape index (κ2) is 10.2. The maximum atomic E-state index is 15.2. The molecule has 0 bridgehead atoms. The Kier molecular flexibility index (Phi) is 7.29. The van der Waals surface area contributed by atoms with Gasteiger partial charge in [-0.2, -0.15) is 4.98 Å². The van der Waals surface area contributed by atoms with Crippen molar-refractivity contribution in [1.29, 1.82) is 0 Å². The van der Waals surface area contributed by atoms with Crippen LogP contribution in [0.4, 0.5) is 8.78 Å². The molecular weight excluding hydrogens is 500 g/mol. The SMILES string of the molecule is COCC(=O)NC1(C(=O)N[C@H](C)c2ncc(-c3cc(Cl)cc(F)c3-c3noc(C)n3)cc2F)COC1. The summed E-state index contributed by atoms with van der Waals surface area (Å²) in [5.41, 5.74) is -0.947. The van der Waals surface area contributed by atoms with Crippen molar-refractivity contribution in [3.63, 3.8) is 0 Å².